The molecule has 3 heterocycles. The highest BCUT2D eigenvalue weighted by atomic mass is 35.5. The molecule has 1 saturated heterocycles. The Kier molecular flexibility index (Phi) is 3.52. The van der Waals surface area contributed by atoms with Crippen LogP contribution in [0.5, 0.6) is 0 Å². The molecule has 5 heteroatoms. The van der Waals surface area contributed by atoms with Gasteiger partial charge in [-0.05, 0) is 37.9 Å². The maximum Gasteiger partial charge on any atom is 0.129 e. The van der Waals surface area contributed by atoms with Gasteiger partial charge in [-0.3, -0.25) is 0 Å². The van der Waals surface area contributed by atoms with E-state index < -0.39 is 0 Å². The Balaban J connectivity index is 0.00000121. The molecule has 2 aromatic rings. The predicted molar refractivity (Wildman–Crippen MR) is 78.6 cm³/mol. The van der Waals surface area contributed by atoms with E-state index in [2.05, 4.69) is 14.9 Å². The minimum Gasteiger partial charge on any atom is -0.323 e. The SMILES string of the molecule is Cl.Fc1cccc2c1C(C1CCNCC1)n1cncc1-2. The fourth-order valence-corrected chi connectivity index (χ4v) is 3.56. The molecule has 1 atom stereocenters. The Hall–Kier alpha value is -1.39. The molecule has 1 aromatic carbocycles. The molecule has 106 valence electrons. The molecule has 1 fully saturated rings. The van der Waals surface area contributed by atoms with E-state index in [0.29, 0.717) is 5.92 Å². The summed E-state index contributed by atoms with van der Waals surface area (Å²) in [5.41, 5.74) is 2.94. The molecule has 1 unspecified atom stereocenters. The average molecular weight is 294 g/mol. The zero-order chi connectivity index (χ0) is 12.8. The number of nitrogens with one attached hydrogen (secondary N) is 1. The molecule has 20 heavy (non-hydrogen) atoms. The second-order valence-electron chi connectivity index (χ2n) is 5.42. The molecule has 1 aromatic heterocycles. The number of hydrogen-bond donors (Lipinski definition) is 1. The summed E-state index contributed by atoms with van der Waals surface area (Å²) in [6, 6.07) is 5.49. The van der Waals surface area contributed by atoms with Crippen LogP contribution in [-0.2, 0) is 0 Å². The van der Waals surface area contributed by atoms with E-state index in [1.807, 2.05) is 18.6 Å². The quantitative estimate of drug-likeness (QED) is 0.876. The van der Waals surface area contributed by atoms with E-state index in [0.717, 1.165) is 42.8 Å². The minimum absolute atomic E-state index is 0. The van der Waals surface area contributed by atoms with Gasteiger partial charge in [0.1, 0.15) is 5.82 Å². The summed E-state index contributed by atoms with van der Waals surface area (Å²) in [5.74, 6) is 0.414. The molecule has 0 saturated carbocycles. The number of imidazole rings is 1. The highest BCUT2D eigenvalue weighted by Crippen LogP contribution is 2.46. The van der Waals surface area contributed by atoms with E-state index in [1.165, 1.54) is 0 Å². The number of benzene rings is 1. The third-order valence-electron chi connectivity index (χ3n) is 4.42. The third-order valence-corrected chi connectivity index (χ3v) is 4.42. The maximum atomic E-state index is 14.3. The van der Waals surface area contributed by atoms with Gasteiger partial charge >= 0.3 is 0 Å². The van der Waals surface area contributed by atoms with Crippen LogP contribution in [0.15, 0.2) is 30.7 Å². The van der Waals surface area contributed by atoms with Gasteiger partial charge in [0, 0.05) is 11.1 Å². The first kappa shape index (κ1) is 13.6. The molecule has 0 spiro atoms. The summed E-state index contributed by atoms with van der Waals surface area (Å²) in [7, 11) is 0. The van der Waals surface area contributed by atoms with Gasteiger partial charge in [-0.25, -0.2) is 9.37 Å². The molecular weight excluding hydrogens is 277 g/mol. The van der Waals surface area contributed by atoms with Gasteiger partial charge in [-0.1, -0.05) is 12.1 Å². The summed E-state index contributed by atoms with van der Waals surface area (Å²) < 4.78 is 16.4. The minimum atomic E-state index is -0.0790. The van der Waals surface area contributed by atoms with Crippen molar-refractivity contribution in [2.45, 2.75) is 18.9 Å². The zero-order valence-corrected chi connectivity index (χ0v) is 11.9. The normalized spacial score (nSPS) is 21.1. The Morgan fingerprint density at radius 1 is 1.25 bits per heavy atom. The lowest BCUT2D eigenvalue weighted by atomic mass is 9.85. The molecule has 0 amide bonds. The van der Waals surface area contributed by atoms with Crippen LogP contribution in [0.1, 0.15) is 24.4 Å². The van der Waals surface area contributed by atoms with Crippen molar-refractivity contribution in [3.63, 3.8) is 0 Å². The number of nitrogens with zero attached hydrogens (tertiary/aromatic N) is 2. The van der Waals surface area contributed by atoms with Gasteiger partial charge in [0.25, 0.3) is 0 Å². The van der Waals surface area contributed by atoms with Gasteiger partial charge in [0.2, 0.25) is 0 Å². The van der Waals surface area contributed by atoms with Crippen molar-refractivity contribution in [2.75, 3.05) is 13.1 Å². The van der Waals surface area contributed by atoms with Gasteiger partial charge in [0.15, 0.2) is 0 Å². The number of aromatic nitrogens is 2. The summed E-state index contributed by atoms with van der Waals surface area (Å²) in [6.07, 6.45) is 5.88. The summed E-state index contributed by atoms with van der Waals surface area (Å²) >= 11 is 0. The Labute approximate surface area is 123 Å². The topological polar surface area (TPSA) is 29.9 Å². The largest absolute Gasteiger partial charge is 0.323 e. The zero-order valence-electron chi connectivity index (χ0n) is 11.1. The number of rotatable bonds is 1. The van der Waals surface area contributed by atoms with Crippen molar-refractivity contribution < 1.29 is 4.39 Å². The van der Waals surface area contributed by atoms with Crippen LogP contribution >= 0.6 is 12.4 Å². The summed E-state index contributed by atoms with van der Waals surface area (Å²) in [4.78, 5) is 4.24. The number of hydrogen-bond acceptors (Lipinski definition) is 2. The fraction of sp³-hybridized carbons (Fsp3) is 0.400. The molecule has 2 aliphatic heterocycles. The second-order valence-corrected chi connectivity index (χ2v) is 5.42. The molecular formula is C15H17ClFN3. The van der Waals surface area contributed by atoms with E-state index in [1.54, 1.807) is 12.1 Å². The van der Waals surface area contributed by atoms with Crippen LogP contribution in [0.25, 0.3) is 11.3 Å². The molecule has 0 bridgehead atoms. The monoisotopic (exact) mass is 293 g/mol. The molecule has 4 rings (SSSR count). The second kappa shape index (κ2) is 5.19. The van der Waals surface area contributed by atoms with E-state index in [-0.39, 0.29) is 24.3 Å². The van der Waals surface area contributed by atoms with Crippen molar-refractivity contribution in [3.05, 3.63) is 42.1 Å². The third kappa shape index (κ3) is 1.86. The first-order valence-corrected chi connectivity index (χ1v) is 6.87. The van der Waals surface area contributed by atoms with Crippen LogP contribution in [0.4, 0.5) is 4.39 Å². The molecule has 1 N–H and O–H groups in total. The van der Waals surface area contributed by atoms with Crippen molar-refractivity contribution in [3.8, 4) is 11.3 Å². The Morgan fingerprint density at radius 3 is 2.85 bits per heavy atom. The van der Waals surface area contributed by atoms with Crippen LogP contribution < -0.4 is 5.32 Å². The van der Waals surface area contributed by atoms with Crippen molar-refractivity contribution in [1.29, 1.82) is 0 Å². The fourth-order valence-electron chi connectivity index (χ4n) is 3.56. The van der Waals surface area contributed by atoms with Gasteiger partial charge in [0.05, 0.1) is 24.3 Å². The first-order valence-electron chi connectivity index (χ1n) is 6.87. The van der Waals surface area contributed by atoms with Crippen molar-refractivity contribution >= 4 is 12.4 Å². The standard InChI is InChI=1S/C15H16FN3.ClH/c16-12-3-1-2-11-13-8-18-9-19(13)15(14(11)12)10-4-6-17-7-5-10;/h1-3,8-10,15,17H,4-7H2;1H. The van der Waals surface area contributed by atoms with Crippen molar-refractivity contribution in [1.82, 2.24) is 14.9 Å². The smallest absolute Gasteiger partial charge is 0.129 e. The maximum absolute atomic E-state index is 14.3. The average Bonchev–Trinajstić information content (AvgIpc) is 3.01. The summed E-state index contributed by atoms with van der Waals surface area (Å²) in [5, 5.41) is 3.38. The van der Waals surface area contributed by atoms with Crippen molar-refractivity contribution in [2.24, 2.45) is 5.92 Å². The number of fused-ring (bicyclic) bond motifs is 3. The number of piperidine rings is 1. The van der Waals surface area contributed by atoms with Crippen LogP contribution in [0.3, 0.4) is 0 Å². The van der Waals surface area contributed by atoms with Crippen LogP contribution in [0.2, 0.25) is 0 Å². The van der Waals surface area contributed by atoms with E-state index in [9.17, 15) is 4.39 Å². The lowest BCUT2D eigenvalue weighted by Gasteiger charge is -2.30. The lowest BCUT2D eigenvalue weighted by Crippen LogP contribution is -2.32. The molecule has 2 aliphatic rings. The molecule has 0 aliphatic carbocycles. The Bertz CT molecular complexity index is 619. The molecule has 3 nitrogen and oxygen atoms in total. The highest BCUT2D eigenvalue weighted by molar-refractivity contribution is 5.85. The van der Waals surface area contributed by atoms with E-state index >= 15 is 0 Å². The predicted octanol–water partition coefficient (Wildman–Crippen LogP) is 3.01. The first-order chi connectivity index (χ1) is 9.36. The van der Waals surface area contributed by atoms with Gasteiger partial charge in [-0.15, -0.1) is 12.4 Å². The number of halogens is 2. The van der Waals surface area contributed by atoms with Crippen LogP contribution in [0, 0.1) is 11.7 Å². The lowest BCUT2D eigenvalue weighted by molar-refractivity contribution is 0.293. The van der Waals surface area contributed by atoms with Gasteiger partial charge in [-0.2, -0.15) is 0 Å². The van der Waals surface area contributed by atoms with Gasteiger partial charge < -0.3 is 9.88 Å². The molecule has 0 radical (unpaired) electrons. The van der Waals surface area contributed by atoms with Crippen LogP contribution in [-0.4, -0.2) is 22.6 Å². The Morgan fingerprint density at radius 2 is 2.05 bits per heavy atom. The summed E-state index contributed by atoms with van der Waals surface area (Å²) in [6.45, 7) is 2.05. The highest BCUT2D eigenvalue weighted by Gasteiger charge is 2.36. The van der Waals surface area contributed by atoms with E-state index in [4.69, 9.17) is 0 Å².